The summed E-state index contributed by atoms with van der Waals surface area (Å²) in [5.41, 5.74) is 0. The maximum atomic E-state index is 10.9. The van der Waals surface area contributed by atoms with E-state index in [2.05, 4.69) is 4.52 Å². The summed E-state index contributed by atoms with van der Waals surface area (Å²) >= 11 is 0. The molecule has 0 spiro atoms. The summed E-state index contributed by atoms with van der Waals surface area (Å²) in [6, 6.07) is 0. The van der Waals surface area contributed by atoms with Crippen molar-refractivity contribution in [2.45, 2.75) is 25.2 Å². The van der Waals surface area contributed by atoms with Crippen molar-refractivity contribution >= 4 is 13.6 Å². The number of hydrogen-bond donors (Lipinski definition) is 3. The molecule has 3 atom stereocenters. The van der Waals surface area contributed by atoms with Crippen LogP contribution in [0.5, 0.6) is 0 Å². The Morgan fingerprint density at radius 1 is 1.40 bits per heavy atom. The fraction of sp³-hybridized carbons (Fsp3) is 0.833. The number of Topliss-reactive ketones (excluding diaryl/α,β-unsaturated/α-hetero) is 1. The van der Waals surface area contributed by atoms with E-state index >= 15 is 0 Å². The van der Waals surface area contributed by atoms with E-state index in [9.17, 15) is 19.1 Å². The van der Waals surface area contributed by atoms with Gasteiger partial charge < -0.3 is 34.2 Å². The lowest BCUT2D eigenvalue weighted by Gasteiger charge is -2.29. The first kappa shape index (κ1) is 14.7. The lowest BCUT2D eigenvalue weighted by molar-refractivity contribution is -0.341. The predicted molar refractivity (Wildman–Crippen MR) is 42.3 cm³/mol. The van der Waals surface area contributed by atoms with Crippen LogP contribution in [0.15, 0.2) is 0 Å². The average molecular weight is 242 g/mol. The summed E-state index contributed by atoms with van der Waals surface area (Å²) in [6.45, 7) is -0.0522. The molecule has 15 heavy (non-hydrogen) atoms. The van der Waals surface area contributed by atoms with Gasteiger partial charge in [-0.15, -0.1) is 0 Å². The maximum Gasteiger partial charge on any atom is 0.189 e. The summed E-state index contributed by atoms with van der Waals surface area (Å²) < 4.78 is 13.6. The normalized spacial score (nSPS) is 18.3. The number of aliphatic hydroxyl groups is 3. The maximum absolute atomic E-state index is 10.9. The van der Waals surface area contributed by atoms with Gasteiger partial charge in [0.05, 0.1) is 13.9 Å². The minimum absolute atomic E-state index is 1.12. The standard InChI is InChI=1S/C6H13O8P/c1-3(7)5(9)6(10)4(8)2-14-15(11,12)13/h3,5-7,9-10H,2H2,1H3,(H2,11,12,13)/p-2/t3-,5+,6-/m0/s1. The molecule has 0 aliphatic rings. The number of carbonyl (C=O) groups is 1. The number of phosphoric acid groups is 1. The Kier molecular flexibility index (Phi) is 5.54. The molecular formula is C6H11O8P-2. The van der Waals surface area contributed by atoms with Crippen LogP contribution in [0, 0.1) is 0 Å². The number of ketones is 1. The van der Waals surface area contributed by atoms with E-state index in [-0.39, 0.29) is 0 Å². The Labute approximate surface area is 85.4 Å². The van der Waals surface area contributed by atoms with Gasteiger partial charge in [-0.05, 0) is 6.92 Å². The molecule has 0 aliphatic carbocycles. The second-order valence-corrected chi connectivity index (χ2v) is 4.02. The van der Waals surface area contributed by atoms with Gasteiger partial charge in [-0.2, -0.15) is 0 Å². The van der Waals surface area contributed by atoms with Gasteiger partial charge in [0, 0.05) is 0 Å². The van der Waals surface area contributed by atoms with Gasteiger partial charge in [-0.3, -0.25) is 4.79 Å². The van der Waals surface area contributed by atoms with Gasteiger partial charge in [0.25, 0.3) is 0 Å². The molecule has 0 rings (SSSR count). The summed E-state index contributed by atoms with van der Waals surface area (Å²) in [4.78, 5) is 30.8. The zero-order valence-electron chi connectivity index (χ0n) is 7.77. The molecule has 0 aromatic rings. The van der Waals surface area contributed by atoms with Crippen LogP contribution < -0.4 is 9.79 Å². The molecule has 9 heteroatoms. The van der Waals surface area contributed by atoms with Crippen LogP contribution in [-0.2, 0) is 13.9 Å². The summed E-state index contributed by atoms with van der Waals surface area (Å²) in [7, 11) is -5.29. The molecule has 0 unspecified atom stereocenters. The van der Waals surface area contributed by atoms with Crippen LogP contribution >= 0.6 is 7.82 Å². The fourth-order valence-electron chi connectivity index (χ4n) is 0.682. The van der Waals surface area contributed by atoms with Crippen LogP contribution in [0.25, 0.3) is 0 Å². The number of phosphoric ester groups is 1. The van der Waals surface area contributed by atoms with E-state index in [4.69, 9.17) is 15.3 Å². The zero-order chi connectivity index (χ0) is 12.2. The molecule has 0 bridgehead atoms. The van der Waals surface area contributed by atoms with Crippen LogP contribution in [0.1, 0.15) is 6.92 Å². The largest absolute Gasteiger partial charge is 0.790 e. The molecule has 0 amide bonds. The Bertz CT molecular complexity index is 258. The van der Waals surface area contributed by atoms with Crippen molar-refractivity contribution in [1.29, 1.82) is 0 Å². The Morgan fingerprint density at radius 2 is 1.87 bits per heavy atom. The highest BCUT2D eigenvalue weighted by atomic mass is 31.2. The summed E-state index contributed by atoms with van der Waals surface area (Å²) in [5, 5.41) is 26.8. The van der Waals surface area contributed by atoms with E-state index < -0.39 is 38.5 Å². The number of aliphatic hydroxyl groups excluding tert-OH is 3. The first-order chi connectivity index (χ1) is 6.65. The van der Waals surface area contributed by atoms with E-state index in [0.29, 0.717) is 0 Å². The molecule has 0 aromatic carbocycles. The Balaban J connectivity index is 4.17. The van der Waals surface area contributed by atoms with Gasteiger partial charge >= 0.3 is 0 Å². The lowest BCUT2D eigenvalue weighted by Crippen LogP contribution is -2.42. The highest BCUT2D eigenvalue weighted by Crippen LogP contribution is 2.24. The van der Waals surface area contributed by atoms with Crippen molar-refractivity contribution in [2.75, 3.05) is 6.61 Å². The SMILES string of the molecule is C[C@H](O)[C@@H](O)[C@@H](O)C(=O)COP(=O)([O-])[O-]. The van der Waals surface area contributed by atoms with Crippen molar-refractivity contribution in [3.63, 3.8) is 0 Å². The number of hydrogen-bond acceptors (Lipinski definition) is 8. The van der Waals surface area contributed by atoms with E-state index in [1.807, 2.05) is 0 Å². The third-order valence-corrected chi connectivity index (χ3v) is 1.96. The highest BCUT2D eigenvalue weighted by Gasteiger charge is 2.27. The molecule has 0 heterocycles. The van der Waals surface area contributed by atoms with Crippen molar-refractivity contribution in [3.05, 3.63) is 0 Å². The van der Waals surface area contributed by atoms with Gasteiger partial charge in [0.2, 0.25) is 0 Å². The molecule has 8 nitrogen and oxygen atoms in total. The van der Waals surface area contributed by atoms with E-state index in [1.165, 1.54) is 0 Å². The number of carbonyl (C=O) groups excluding carboxylic acids is 1. The van der Waals surface area contributed by atoms with Gasteiger partial charge in [-0.25, -0.2) is 0 Å². The fourth-order valence-corrected chi connectivity index (χ4v) is 0.968. The smallest absolute Gasteiger partial charge is 0.189 e. The van der Waals surface area contributed by atoms with Gasteiger partial charge in [0.15, 0.2) is 5.78 Å². The molecule has 0 radical (unpaired) electrons. The molecule has 0 aromatic heterocycles. The third-order valence-electron chi connectivity index (χ3n) is 1.51. The third kappa shape index (κ3) is 5.95. The highest BCUT2D eigenvalue weighted by molar-refractivity contribution is 7.43. The topological polar surface area (TPSA) is 150 Å². The van der Waals surface area contributed by atoms with E-state index in [1.54, 1.807) is 0 Å². The second-order valence-electron chi connectivity index (χ2n) is 2.86. The van der Waals surface area contributed by atoms with Crippen molar-refractivity contribution < 1.29 is 39.0 Å². The first-order valence-corrected chi connectivity index (χ1v) is 5.34. The first-order valence-electron chi connectivity index (χ1n) is 3.88. The quantitative estimate of drug-likeness (QED) is 0.406. The molecule has 0 saturated carbocycles. The minimum Gasteiger partial charge on any atom is -0.790 e. The van der Waals surface area contributed by atoms with Crippen molar-refractivity contribution in [3.8, 4) is 0 Å². The van der Waals surface area contributed by atoms with Crippen molar-refractivity contribution in [1.82, 2.24) is 0 Å². The van der Waals surface area contributed by atoms with Crippen LogP contribution in [0.4, 0.5) is 0 Å². The number of rotatable bonds is 6. The molecule has 0 aliphatic heterocycles. The molecule has 90 valence electrons. The van der Waals surface area contributed by atoms with Gasteiger partial charge in [-0.1, -0.05) is 0 Å². The molecular weight excluding hydrogens is 231 g/mol. The molecule has 0 saturated heterocycles. The van der Waals surface area contributed by atoms with Crippen LogP contribution in [-0.4, -0.2) is 46.0 Å². The minimum atomic E-state index is -5.29. The molecule has 3 N–H and O–H groups in total. The second kappa shape index (κ2) is 5.66. The van der Waals surface area contributed by atoms with Crippen molar-refractivity contribution in [2.24, 2.45) is 0 Å². The average Bonchev–Trinajstić information content (AvgIpc) is 2.10. The van der Waals surface area contributed by atoms with E-state index in [0.717, 1.165) is 6.92 Å². The molecule has 0 fully saturated rings. The monoisotopic (exact) mass is 242 g/mol. The Hall–Kier alpha value is -0.340. The van der Waals surface area contributed by atoms with Crippen LogP contribution in [0.3, 0.4) is 0 Å². The van der Waals surface area contributed by atoms with Crippen LogP contribution in [0.2, 0.25) is 0 Å². The summed E-state index contributed by atoms with van der Waals surface area (Å²) in [6.07, 6.45) is -5.15. The summed E-state index contributed by atoms with van der Waals surface area (Å²) in [5.74, 6) is -1.21. The van der Waals surface area contributed by atoms with Gasteiger partial charge in [0.1, 0.15) is 18.8 Å². The zero-order valence-corrected chi connectivity index (χ0v) is 8.66. The lowest BCUT2D eigenvalue weighted by atomic mass is 10.1. The Morgan fingerprint density at radius 3 is 2.20 bits per heavy atom. The predicted octanol–water partition coefficient (Wildman–Crippen LogP) is -3.50.